The molecule has 0 aliphatic carbocycles. The standard InChI is InChI=1S/C13H21N5O2/c1-4-9-15-11-10(18(9)8-6-7-14)12(19)17(5-2)13(20)16(11)3/h4-8,14H2,1-3H3. The first-order chi connectivity index (χ1) is 9.56. The Bertz CT molecular complexity index is 738. The van der Waals surface area contributed by atoms with Crippen molar-refractivity contribution in [2.75, 3.05) is 6.54 Å². The summed E-state index contributed by atoms with van der Waals surface area (Å²) >= 11 is 0. The number of imidazole rings is 1. The molecular formula is C13H21N5O2. The fourth-order valence-electron chi connectivity index (χ4n) is 2.46. The molecule has 2 aromatic heterocycles. The van der Waals surface area contributed by atoms with Crippen LogP contribution < -0.4 is 17.0 Å². The van der Waals surface area contributed by atoms with Gasteiger partial charge in [0.25, 0.3) is 5.56 Å². The summed E-state index contributed by atoms with van der Waals surface area (Å²) in [6.45, 7) is 5.32. The fraction of sp³-hybridized carbons (Fsp3) is 0.615. The van der Waals surface area contributed by atoms with E-state index in [1.54, 1.807) is 14.0 Å². The molecule has 0 unspecified atom stereocenters. The zero-order valence-electron chi connectivity index (χ0n) is 12.2. The van der Waals surface area contributed by atoms with Crippen molar-refractivity contribution in [2.45, 2.75) is 39.8 Å². The quantitative estimate of drug-likeness (QED) is 0.823. The predicted octanol–water partition coefficient (Wildman–Crippen LogP) is -0.172. The van der Waals surface area contributed by atoms with Gasteiger partial charge in [0.15, 0.2) is 11.2 Å². The van der Waals surface area contributed by atoms with Crippen LogP contribution in [0.25, 0.3) is 11.2 Å². The van der Waals surface area contributed by atoms with Crippen LogP contribution >= 0.6 is 0 Å². The molecule has 0 spiro atoms. The van der Waals surface area contributed by atoms with E-state index in [0.717, 1.165) is 12.2 Å². The minimum Gasteiger partial charge on any atom is -0.330 e. The van der Waals surface area contributed by atoms with Crippen LogP contribution in [0.15, 0.2) is 9.59 Å². The largest absolute Gasteiger partial charge is 0.332 e. The number of fused-ring (bicyclic) bond motifs is 1. The molecular weight excluding hydrogens is 258 g/mol. The molecule has 0 saturated heterocycles. The van der Waals surface area contributed by atoms with Gasteiger partial charge in [0.05, 0.1) is 0 Å². The van der Waals surface area contributed by atoms with Gasteiger partial charge >= 0.3 is 5.69 Å². The molecule has 20 heavy (non-hydrogen) atoms. The minimum atomic E-state index is -0.323. The SMILES string of the molecule is CCc1nc2c(c(=O)n(CC)c(=O)n2C)n1CCCN. The maximum atomic E-state index is 12.5. The number of aromatic nitrogens is 4. The number of nitrogens with zero attached hydrogens (tertiary/aromatic N) is 4. The molecule has 110 valence electrons. The van der Waals surface area contributed by atoms with Gasteiger partial charge in [-0.2, -0.15) is 0 Å². The molecule has 7 heteroatoms. The number of nitrogens with two attached hydrogens (primary N) is 1. The number of hydrogen-bond acceptors (Lipinski definition) is 4. The fourth-order valence-corrected chi connectivity index (χ4v) is 2.46. The second kappa shape index (κ2) is 5.62. The lowest BCUT2D eigenvalue weighted by Crippen LogP contribution is -2.39. The maximum absolute atomic E-state index is 12.5. The zero-order valence-corrected chi connectivity index (χ0v) is 12.2. The molecule has 0 bridgehead atoms. The first-order valence-electron chi connectivity index (χ1n) is 6.95. The van der Waals surface area contributed by atoms with Gasteiger partial charge in [-0.25, -0.2) is 9.78 Å². The maximum Gasteiger partial charge on any atom is 0.332 e. The third-order valence-corrected chi connectivity index (χ3v) is 3.53. The van der Waals surface area contributed by atoms with Crippen LogP contribution in [-0.2, 0) is 26.6 Å². The normalized spacial score (nSPS) is 11.4. The van der Waals surface area contributed by atoms with E-state index in [4.69, 9.17) is 5.73 Å². The molecule has 0 aliphatic rings. The Kier molecular flexibility index (Phi) is 4.08. The van der Waals surface area contributed by atoms with Crippen LogP contribution in [0.5, 0.6) is 0 Å². The molecule has 2 aromatic rings. The Hall–Kier alpha value is -1.89. The second-order valence-corrected chi connectivity index (χ2v) is 4.74. The summed E-state index contributed by atoms with van der Waals surface area (Å²) in [6, 6.07) is 0. The molecule has 0 fully saturated rings. The molecule has 2 heterocycles. The number of rotatable bonds is 5. The van der Waals surface area contributed by atoms with Crippen molar-refractivity contribution in [1.82, 2.24) is 18.7 Å². The highest BCUT2D eigenvalue weighted by Crippen LogP contribution is 2.12. The Morgan fingerprint density at radius 1 is 1.20 bits per heavy atom. The van der Waals surface area contributed by atoms with Gasteiger partial charge in [0.1, 0.15) is 5.82 Å². The van der Waals surface area contributed by atoms with E-state index in [2.05, 4.69) is 4.98 Å². The van der Waals surface area contributed by atoms with Gasteiger partial charge in [0, 0.05) is 26.6 Å². The lowest BCUT2D eigenvalue weighted by molar-refractivity contribution is 0.616. The number of aryl methyl sites for hydroxylation is 3. The van der Waals surface area contributed by atoms with Crippen molar-refractivity contribution in [1.29, 1.82) is 0 Å². The molecule has 7 nitrogen and oxygen atoms in total. The van der Waals surface area contributed by atoms with Crippen molar-refractivity contribution in [3.8, 4) is 0 Å². The van der Waals surface area contributed by atoms with Gasteiger partial charge in [-0.1, -0.05) is 6.92 Å². The summed E-state index contributed by atoms with van der Waals surface area (Å²) in [7, 11) is 1.65. The molecule has 0 amide bonds. The minimum absolute atomic E-state index is 0.269. The first kappa shape index (κ1) is 14.5. The van der Waals surface area contributed by atoms with Gasteiger partial charge in [-0.15, -0.1) is 0 Å². The summed E-state index contributed by atoms with van der Waals surface area (Å²) in [4.78, 5) is 29.1. The molecule has 2 N–H and O–H groups in total. The van der Waals surface area contributed by atoms with Crippen LogP contribution in [-0.4, -0.2) is 25.2 Å². The van der Waals surface area contributed by atoms with E-state index in [0.29, 0.717) is 37.2 Å². The van der Waals surface area contributed by atoms with Crippen LogP contribution in [0, 0.1) is 0 Å². The smallest absolute Gasteiger partial charge is 0.330 e. The highest BCUT2D eigenvalue weighted by atomic mass is 16.2. The van der Waals surface area contributed by atoms with E-state index in [1.165, 1.54) is 9.13 Å². The monoisotopic (exact) mass is 279 g/mol. The van der Waals surface area contributed by atoms with Crippen LogP contribution in [0.2, 0.25) is 0 Å². The predicted molar refractivity (Wildman–Crippen MR) is 78.0 cm³/mol. The van der Waals surface area contributed by atoms with Gasteiger partial charge < -0.3 is 10.3 Å². The second-order valence-electron chi connectivity index (χ2n) is 4.74. The summed E-state index contributed by atoms with van der Waals surface area (Å²) < 4.78 is 4.58. The van der Waals surface area contributed by atoms with Gasteiger partial charge in [-0.05, 0) is 19.9 Å². The number of hydrogen-bond donors (Lipinski definition) is 1. The van der Waals surface area contributed by atoms with E-state index in [1.807, 2.05) is 11.5 Å². The van der Waals surface area contributed by atoms with Crippen molar-refractivity contribution < 1.29 is 0 Å². The lowest BCUT2D eigenvalue weighted by atomic mass is 10.3. The Morgan fingerprint density at radius 3 is 2.45 bits per heavy atom. The molecule has 0 atom stereocenters. The summed E-state index contributed by atoms with van der Waals surface area (Å²) in [5.41, 5.74) is 5.92. The van der Waals surface area contributed by atoms with Crippen molar-refractivity contribution in [3.05, 3.63) is 26.7 Å². The van der Waals surface area contributed by atoms with Crippen LogP contribution in [0.4, 0.5) is 0 Å². The third-order valence-electron chi connectivity index (χ3n) is 3.53. The average Bonchev–Trinajstić information content (AvgIpc) is 2.82. The summed E-state index contributed by atoms with van der Waals surface area (Å²) in [6.07, 6.45) is 1.48. The molecule has 0 radical (unpaired) electrons. The Labute approximate surface area is 116 Å². The lowest BCUT2D eigenvalue weighted by Gasteiger charge is -2.09. The van der Waals surface area contributed by atoms with Crippen LogP contribution in [0.1, 0.15) is 26.1 Å². The van der Waals surface area contributed by atoms with Crippen molar-refractivity contribution in [3.63, 3.8) is 0 Å². The molecule has 0 saturated carbocycles. The van der Waals surface area contributed by atoms with Gasteiger partial charge in [0.2, 0.25) is 0 Å². The Morgan fingerprint density at radius 2 is 1.90 bits per heavy atom. The van der Waals surface area contributed by atoms with E-state index < -0.39 is 0 Å². The van der Waals surface area contributed by atoms with E-state index >= 15 is 0 Å². The Balaban J connectivity index is 2.87. The van der Waals surface area contributed by atoms with Crippen molar-refractivity contribution >= 4 is 11.2 Å². The highest BCUT2D eigenvalue weighted by molar-refractivity contribution is 5.71. The molecule has 0 aromatic carbocycles. The van der Waals surface area contributed by atoms with Gasteiger partial charge in [-0.3, -0.25) is 13.9 Å². The van der Waals surface area contributed by atoms with E-state index in [-0.39, 0.29) is 11.2 Å². The first-order valence-corrected chi connectivity index (χ1v) is 6.95. The zero-order chi connectivity index (χ0) is 14.9. The van der Waals surface area contributed by atoms with E-state index in [9.17, 15) is 9.59 Å². The summed E-state index contributed by atoms with van der Waals surface area (Å²) in [5, 5.41) is 0. The highest BCUT2D eigenvalue weighted by Gasteiger charge is 2.18. The third kappa shape index (κ3) is 2.07. The summed E-state index contributed by atoms with van der Waals surface area (Å²) in [5.74, 6) is 0.814. The average molecular weight is 279 g/mol. The van der Waals surface area contributed by atoms with Crippen LogP contribution in [0.3, 0.4) is 0 Å². The topological polar surface area (TPSA) is 87.8 Å². The van der Waals surface area contributed by atoms with Crippen molar-refractivity contribution in [2.24, 2.45) is 12.8 Å². The molecule has 2 rings (SSSR count). The molecule has 0 aliphatic heterocycles.